The molecule has 5 aromatic carbocycles. The van der Waals surface area contributed by atoms with Gasteiger partial charge in [0, 0.05) is 22.9 Å². The van der Waals surface area contributed by atoms with Crippen LogP contribution in [-0.2, 0) is 5.41 Å². The van der Waals surface area contributed by atoms with Crippen molar-refractivity contribution in [2.24, 2.45) is 4.99 Å². The van der Waals surface area contributed by atoms with E-state index in [9.17, 15) is 0 Å². The summed E-state index contributed by atoms with van der Waals surface area (Å²) >= 11 is 0. The van der Waals surface area contributed by atoms with Crippen LogP contribution in [0.2, 0.25) is 0 Å². The van der Waals surface area contributed by atoms with Gasteiger partial charge in [-0.1, -0.05) is 140 Å². The highest BCUT2D eigenvalue weighted by Gasteiger charge is 2.52. The minimum absolute atomic E-state index is 0.191. The third-order valence-electron chi connectivity index (χ3n) is 12.1. The largest absolute Gasteiger partial charge is 0.285 e. The zero-order chi connectivity index (χ0) is 36.5. The molecule has 6 aromatic rings. The summed E-state index contributed by atoms with van der Waals surface area (Å²) in [6, 6.07) is 45.0. The lowest BCUT2D eigenvalue weighted by molar-refractivity contribution is 0.714. The Hall–Kier alpha value is -6.45. The fourth-order valence-corrected chi connectivity index (χ4v) is 9.65. The smallest absolute Gasteiger partial charge is 0.160 e. The second kappa shape index (κ2) is 12.6. The molecular weight excluding hydrogens is 667 g/mol. The summed E-state index contributed by atoms with van der Waals surface area (Å²) in [5.41, 5.74) is 20.4. The predicted molar refractivity (Wildman–Crippen MR) is 228 cm³/mol. The van der Waals surface area contributed by atoms with Crippen molar-refractivity contribution in [1.82, 2.24) is 9.97 Å². The maximum atomic E-state index is 5.38. The number of rotatable bonds is 5. The molecule has 0 bridgehead atoms. The van der Waals surface area contributed by atoms with E-state index in [2.05, 4.69) is 170 Å². The minimum atomic E-state index is -0.348. The van der Waals surface area contributed by atoms with Gasteiger partial charge in [0.1, 0.15) is 0 Å². The van der Waals surface area contributed by atoms with Crippen molar-refractivity contribution < 1.29 is 0 Å². The fourth-order valence-electron chi connectivity index (χ4n) is 9.65. The molecule has 3 nitrogen and oxygen atoms in total. The fraction of sp³-hybridized carbons (Fsp3) is 0.135. The zero-order valence-corrected chi connectivity index (χ0v) is 30.8. The molecule has 1 atom stereocenters. The van der Waals surface area contributed by atoms with Gasteiger partial charge in [-0.15, -0.1) is 0 Å². The minimum Gasteiger partial charge on any atom is -0.285 e. The van der Waals surface area contributed by atoms with Crippen molar-refractivity contribution in [2.45, 2.75) is 44.1 Å². The van der Waals surface area contributed by atoms with E-state index in [0.29, 0.717) is 0 Å². The summed E-state index contributed by atoms with van der Waals surface area (Å²) in [5.74, 6) is 0.730. The summed E-state index contributed by atoms with van der Waals surface area (Å²) < 4.78 is 0. The number of hydrogen-bond donors (Lipinski definition) is 0. The molecule has 0 saturated heterocycles. The third kappa shape index (κ3) is 4.99. The molecule has 2 heterocycles. The number of benzene rings is 5. The molecule has 0 fully saturated rings. The van der Waals surface area contributed by atoms with Gasteiger partial charge in [0.2, 0.25) is 0 Å². The lowest BCUT2D eigenvalue weighted by Crippen LogP contribution is -2.27. The van der Waals surface area contributed by atoms with Crippen molar-refractivity contribution in [3.05, 3.63) is 197 Å². The Morgan fingerprint density at radius 2 is 1.25 bits per heavy atom. The van der Waals surface area contributed by atoms with Crippen LogP contribution in [0, 0.1) is 0 Å². The maximum absolute atomic E-state index is 5.38. The second-order valence-electron chi connectivity index (χ2n) is 15.3. The van der Waals surface area contributed by atoms with Crippen LogP contribution in [0.4, 0.5) is 0 Å². The first-order valence-electron chi connectivity index (χ1n) is 19.6. The summed E-state index contributed by atoms with van der Waals surface area (Å²) in [6.45, 7) is 2.12. The van der Waals surface area contributed by atoms with Crippen LogP contribution < -0.4 is 0 Å². The lowest BCUT2D eigenvalue weighted by Gasteiger charge is -2.33. The number of nitrogens with zero attached hydrogens (tertiary/aromatic N) is 3. The van der Waals surface area contributed by atoms with Crippen LogP contribution in [0.25, 0.3) is 61.7 Å². The molecule has 0 amide bonds. The summed E-state index contributed by atoms with van der Waals surface area (Å²) in [4.78, 5) is 15.4. The molecule has 0 N–H and O–H groups in total. The van der Waals surface area contributed by atoms with E-state index in [1.807, 2.05) is 6.21 Å². The van der Waals surface area contributed by atoms with E-state index in [4.69, 9.17) is 9.97 Å². The normalized spacial score (nSPS) is 18.2. The molecule has 4 aliphatic carbocycles. The first-order valence-corrected chi connectivity index (χ1v) is 19.6. The van der Waals surface area contributed by atoms with Gasteiger partial charge in [-0.3, -0.25) is 4.99 Å². The molecule has 1 aromatic heterocycles. The van der Waals surface area contributed by atoms with Crippen molar-refractivity contribution in [2.75, 3.05) is 0 Å². The van der Waals surface area contributed by atoms with Crippen LogP contribution in [0.3, 0.4) is 0 Å². The molecule has 55 heavy (non-hydrogen) atoms. The Balaban J connectivity index is 1.10. The molecule has 1 spiro atoms. The molecule has 11 rings (SSSR count). The van der Waals surface area contributed by atoms with Gasteiger partial charge < -0.3 is 0 Å². The highest BCUT2D eigenvalue weighted by molar-refractivity contribution is 6.12. The van der Waals surface area contributed by atoms with Gasteiger partial charge in [0.15, 0.2) is 5.82 Å². The van der Waals surface area contributed by atoms with Crippen LogP contribution in [0.15, 0.2) is 168 Å². The van der Waals surface area contributed by atoms with Crippen LogP contribution in [0.1, 0.15) is 66.0 Å². The molecule has 5 aliphatic rings. The number of aromatic nitrogens is 2. The first-order chi connectivity index (χ1) is 27.1. The Morgan fingerprint density at radius 3 is 2.00 bits per heavy atom. The standard InChI is InChI=1S/C52H39N3/c1-33-28-40(32-53-33)37-14-11-15-38(29-37)50-31-49(36-24-22-35(23-25-36)34-12-3-2-4-13-34)54-51(55-50)39-26-27-44-43-18-7-10-21-47(43)52(48(44)30-39)45-19-8-5-16-41(45)42-17-6-9-20-46(42)52/h3,5-9,11-20,22-33H,2,4,10,21H2,1H3. The van der Waals surface area contributed by atoms with Crippen molar-refractivity contribution in [3.8, 4) is 45.0 Å². The number of hydrogen-bond acceptors (Lipinski definition) is 3. The molecule has 1 unspecified atom stereocenters. The molecule has 0 saturated carbocycles. The summed E-state index contributed by atoms with van der Waals surface area (Å²) in [6.07, 6.45) is 20.0. The van der Waals surface area contributed by atoms with E-state index < -0.39 is 0 Å². The Labute approximate surface area is 322 Å². The quantitative estimate of drug-likeness (QED) is 0.179. The van der Waals surface area contributed by atoms with Crippen molar-refractivity contribution in [3.63, 3.8) is 0 Å². The zero-order valence-electron chi connectivity index (χ0n) is 30.8. The van der Waals surface area contributed by atoms with E-state index in [1.54, 1.807) is 0 Å². The number of fused-ring (bicyclic) bond motifs is 9. The van der Waals surface area contributed by atoms with Crippen molar-refractivity contribution >= 4 is 22.9 Å². The van der Waals surface area contributed by atoms with E-state index in [1.165, 1.54) is 55.7 Å². The van der Waals surface area contributed by atoms with Gasteiger partial charge in [-0.2, -0.15) is 0 Å². The van der Waals surface area contributed by atoms with Crippen LogP contribution in [-0.4, -0.2) is 22.2 Å². The van der Waals surface area contributed by atoms with Gasteiger partial charge in [0.05, 0.1) is 22.8 Å². The lowest BCUT2D eigenvalue weighted by atomic mass is 9.68. The summed E-state index contributed by atoms with van der Waals surface area (Å²) in [7, 11) is 0. The Bertz CT molecular complexity index is 2720. The van der Waals surface area contributed by atoms with Gasteiger partial charge in [-0.25, -0.2) is 9.97 Å². The van der Waals surface area contributed by atoms with Gasteiger partial charge in [0.25, 0.3) is 0 Å². The topological polar surface area (TPSA) is 38.1 Å². The molecular formula is C52H39N3. The van der Waals surface area contributed by atoms with E-state index >= 15 is 0 Å². The SMILES string of the molecule is CC1C=C(c2cccc(-c3cc(-c4ccc(C5=CCCC=C5)cc4)nc(-c4ccc5c(c4)C4(C6=C5C=CCC6)c5ccccc5-c5ccccc54)n3)c2)C=N1. The molecule has 1 aliphatic heterocycles. The Morgan fingerprint density at radius 1 is 0.545 bits per heavy atom. The third-order valence-corrected chi connectivity index (χ3v) is 12.1. The van der Waals surface area contributed by atoms with E-state index in [-0.39, 0.29) is 11.5 Å². The predicted octanol–water partition coefficient (Wildman–Crippen LogP) is 12.5. The second-order valence-corrected chi connectivity index (χ2v) is 15.3. The average molecular weight is 706 g/mol. The highest BCUT2D eigenvalue weighted by Crippen LogP contribution is 2.63. The number of aliphatic imine (C=N–C) groups is 1. The average Bonchev–Trinajstić information content (AvgIpc) is 3.92. The van der Waals surface area contributed by atoms with Crippen LogP contribution in [0.5, 0.6) is 0 Å². The molecule has 262 valence electrons. The number of allylic oxidation sites excluding steroid dienone is 9. The molecule has 3 heteroatoms. The van der Waals surface area contributed by atoms with E-state index in [0.717, 1.165) is 70.7 Å². The van der Waals surface area contributed by atoms with Gasteiger partial charge >= 0.3 is 0 Å². The Kier molecular flexibility index (Phi) is 7.32. The maximum Gasteiger partial charge on any atom is 0.160 e. The van der Waals surface area contributed by atoms with Gasteiger partial charge in [-0.05, 0) is 118 Å². The summed E-state index contributed by atoms with van der Waals surface area (Å²) in [5, 5.41) is 0. The molecule has 0 radical (unpaired) electrons. The first kappa shape index (κ1) is 32.0. The van der Waals surface area contributed by atoms with Crippen LogP contribution >= 0.6 is 0 Å². The van der Waals surface area contributed by atoms with Crippen molar-refractivity contribution in [1.29, 1.82) is 0 Å². The monoisotopic (exact) mass is 705 g/mol. The highest BCUT2D eigenvalue weighted by atomic mass is 14.9.